The Morgan fingerprint density at radius 1 is 1.17 bits per heavy atom. The Hall–Kier alpha value is -1.46. The topological polar surface area (TPSA) is 70.1 Å². The summed E-state index contributed by atoms with van der Waals surface area (Å²) in [5.74, 6) is 0. The molecule has 0 radical (unpaired) electrons. The minimum atomic E-state index is -0.947. The van der Waals surface area contributed by atoms with E-state index in [0.29, 0.717) is 13.1 Å². The highest BCUT2D eigenvalue weighted by Gasteiger charge is 2.36. The predicted molar refractivity (Wildman–Crippen MR) is 66.6 cm³/mol. The van der Waals surface area contributed by atoms with E-state index in [1.165, 1.54) is 4.90 Å². The Morgan fingerprint density at radius 2 is 1.61 bits per heavy atom. The lowest BCUT2D eigenvalue weighted by Crippen LogP contribution is -2.60. The highest BCUT2D eigenvalue weighted by molar-refractivity contribution is 5.70. The van der Waals surface area contributed by atoms with Gasteiger partial charge in [-0.15, -0.1) is 0 Å². The highest BCUT2D eigenvalue weighted by Crippen LogP contribution is 2.19. The molecule has 0 spiro atoms. The molecule has 0 aromatic rings. The molecule has 0 saturated carbocycles. The average molecular weight is 258 g/mol. The van der Waals surface area contributed by atoms with Gasteiger partial charge >= 0.3 is 12.2 Å². The minimum absolute atomic E-state index is 0.181. The summed E-state index contributed by atoms with van der Waals surface area (Å²) in [6.07, 6.45) is -1.33. The first-order valence-electron chi connectivity index (χ1n) is 6.11. The average Bonchev–Trinajstić information content (AvgIpc) is 2.12. The van der Waals surface area contributed by atoms with Crippen molar-refractivity contribution >= 4 is 12.2 Å². The Balaban J connectivity index is 2.73. The summed E-state index contributed by atoms with van der Waals surface area (Å²) < 4.78 is 5.33. The van der Waals surface area contributed by atoms with Crippen LogP contribution in [0, 0.1) is 0 Å². The lowest BCUT2D eigenvalue weighted by molar-refractivity contribution is -0.0128. The van der Waals surface area contributed by atoms with Crippen molar-refractivity contribution in [2.45, 2.75) is 52.3 Å². The van der Waals surface area contributed by atoms with E-state index in [4.69, 9.17) is 9.84 Å². The van der Waals surface area contributed by atoms with Crippen LogP contribution in [0.25, 0.3) is 0 Å². The number of carboxylic acid groups (broad SMARTS) is 1. The Kier molecular flexibility index (Phi) is 4.09. The van der Waals surface area contributed by atoms with Gasteiger partial charge in [-0.3, -0.25) is 4.90 Å². The second kappa shape index (κ2) is 5.04. The first kappa shape index (κ1) is 14.6. The molecule has 1 saturated heterocycles. The summed E-state index contributed by atoms with van der Waals surface area (Å²) in [6, 6.07) is -0.362. The quantitative estimate of drug-likeness (QED) is 0.721. The van der Waals surface area contributed by atoms with Crippen molar-refractivity contribution in [3.8, 4) is 0 Å². The molecule has 2 amide bonds. The molecule has 18 heavy (non-hydrogen) atoms. The van der Waals surface area contributed by atoms with Crippen LogP contribution in [0.15, 0.2) is 0 Å². The Labute approximate surface area is 107 Å². The molecule has 2 atom stereocenters. The Morgan fingerprint density at radius 3 is 1.94 bits per heavy atom. The summed E-state index contributed by atoms with van der Waals surface area (Å²) in [5.41, 5.74) is -0.541. The third kappa shape index (κ3) is 3.51. The molecule has 1 heterocycles. The molecule has 104 valence electrons. The summed E-state index contributed by atoms with van der Waals surface area (Å²) in [5, 5.41) is 8.98. The normalized spacial score (nSPS) is 24.9. The van der Waals surface area contributed by atoms with Crippen LogP contribution in [0.4, 0.5) is 9.59 Å². The number of hydrogen-bond donors (Lipinski definition) is 1. The summed E-state index contributed by atoms with van der Waals surface area (Å²) in [6.45, 7) is 9.73. The summed E-state index contributed by atoms with van der Waals surface area (Å²) in [4.78, 5) is 25.9. The number of piperazine rings is 1. The van der Waals surface area contributed by atoms with Gasteiger partial charge in [0, 0.05) is 13.1 Å². The second-order valence-corrected chi connectivity index (χ2v) is 5.77. The van der Waals surface area contributed by atoms with Crippen LogP contribution in [0.3, 0.4) is 0 Å². The number of amides is 2. The molecule has 1 rings (SSSR count). The lowest BCUT2D eigenvalue weighted by Gasteiger charge is -2.43. The van der Waals surface area contributed by atoms with Gasteiger partial charge in [-0.2, -0.15) is 0 Å². The van der Waals surface area contributed by atoms with Crippen LogP contribution in [0.5, 0.6) is 0 Å². The summed E-state index contributed by atoms with van der Waals surface area (Å²) in [7, 11) is 0. The first-order valence-corrected chi connectivity index (χ1v) is 6.11. The van der Waals surface area contributed by atoms with Crippen molar-refractivity contribution in [3.05, 3.63) is 0 Å². The largest absolute Gasteiger partial charge is 0.465 e. The molecule has 0 bridgehead atoms. The van der Waals surface area contributed by atoms with Gasteiger partial charge in [0.25, 0.3) is 0 Å². The van der Waals surface area contributed by atoms with Gasteiger partial charge < -0.3 is 14.7 Å². The number of rotatable bonds is 0. The van der Waals surface area contributed by atoms with Crippen molar-refractivity contribution < 1.29 is 19.4 Å². The second-order valence-electron chi connectivity index (χ2n) is 5.77. The van der Waals surface area contributed by atoms with E-state index in [-0.39, 0.29) is 18.2 Å². The van der Waals surface area contributed by atoms with Crippen molar-refractivity contribution in [3.63, 3.8) is 0 Å². The zero-order valence-corrected chi connectivity index (χ0v) is 11.6. The first-order chi connectivity index (χ1) is 8.11. The third-order valence-corrected chi connectivity index (χ3v) is 2.79. The fourth-order valence-electron chi connectivity index (χ4n) is 2.15. The molecule has 1 fully saturated rings. The molecule has 1 aliphatic heterocycles. The van der Waals surface area contributed by atoms with E-state index in [0.717, 1.165) is 0 Å². The van der Waals surface area contributed by atoms with E-state index >= 15 is 0 Å². The highest BCUT2D eigenvalue weighted by atomic mass is 16.6. The van der Waals surface area contributed by atoms with Gasteiger partial charge in [0.15, 0.2) is 0 Å². The molecule has 1 N–H and O–H groups in total. The van der Waals surface area contributed by atoms with E-state index in [1.54, 1.807) is 4.90 Å². The number of carbonyl (C=O) groups excluding carboxylic acids is 1. The standard InChI is InChI=1S/C12H22N2O4/c1-8-6-13(10(15)16)7-9(2)14(8)11(17)18-12(3,4)5/h8-9H,6-7H2,1-5H3,(H,15,16). The van der Waals surface area contributed by atoms with E-state index in [1.807, 2.05) is 34.6 Å². The van der Waals surface area contributed by atoms with Crippen molar-refractivity contribution in [2.75, 3.05) is 13.1 Å². The van der Waals surface area contributed by atoms with Gasteiger partial charge in [0.05, 0.1) is 12.1 Å². The molecule has 2 unspecified atom stereocenters. The number of hydrogen-bond acceptors (Lipinski definition) is 3. The zero-order valence-electron chi connectivity index (χ0n) is 11.6. The number of nitrogens with zero attached hydrogens (tertiary/aromatic N) is 2. The van der Waals surface area contributed by atoms with Crippen LogP contribution in [0.1, 0.15) is 34.6 Å². The van der Waals surface area contributed by atoms with Crippen LogP contribution in [-0.4, -0.2) is 57.9 Å². The van der Waals surface area contributed by atoms with Crippen LogP contribution < -0.4 is 0 Å². The van der Waals surface area contributed by atoms with Crippen molar-refractivity contribution in [1.82, 2.24) is 9.80 Å². The maximum absolute atomic E-state index is 12.0. The van der Waals surface area contributed by atoms with Gasteiger partial charge in [0.1, 0.15) is 5.60 Å². The maximum atomic E-state index is 12.0. The molecule has 0 aliphatic carbocycles. The minimum Gasteiger partial charge on any atom is -0.465 e. The predicted octanol–water partition coefficient (Wildman–Crippen LogP) is 1.99. The SMILES string of the molecule is CC1CN(C(=O)O)CC(C)N1C(=O)OC(C)(C)C. The van der Waals surface area contributed by atoms with Crippen molar-refractivity contribution in [2.24, 2.45) is 0 Å². The zero-order chi connectivity index (χ0) is 14.1. The van der Waals surface area contributed by atoms with Gasteiger partial charge in [-0.05, 0) is 34.6 Å². The third-order valence-electron chi connectivity index (χ3n) is 2.79. The van der Waals surface area contributed by atoms with Crippen LogP contribution >= 0.6 is 0 Å². The summed E-state index contributed by atoms with van der Waals surface area (Å²) >= 11 is 0. The van der Waals surface area contributed by atoms with Gasteiger partial charge in [-0.25, -0.2) is 9.59 Å². The lowest BCUT2D eigenvalue weighted by atomic mass is 10.1. The number of carbonyl (C=O) groups is 2. The molecule has 1 aliphatic rings. The molecule has 6 nitrogen and oxygen atoms in total. The fraction of sp³-hybridized carbons (Fsp3) is 0.833. The van der Waals surface area contributed by atoms with E-state index in [9.17, 15) is 9.59 Å². The van der Waals surface area contributed by atoms with Crippen molar-refractivity contribution in [1.29, 1.82) is 0 Å². The molecule has 6 heteroatoms. The molecule has 0 aromatic carbocycles. The van der Waals surface area contributed by atoms with Gasteiger partial charge in [0.2, 0.25) is 0 Å². The number of ether oxygens (including phenoxy) is 1. The van der Waals surface area contributed by atoms with Crippen LogP contribution in [0.2, 0.25) is 0 Å². The monoisotopic (exact) mass is 258 g/mol. The van der Waals surface area contributed by atoms with E-state index in [2.05, 4.69) is 0 Å². The Bertz CT molecular complexity index is 325. The molecular weight excluding hydrogens is 236 g/mol. The maximum Gasteiger partial charge on any atom is 0.410 e. The smallest absolute Gasteiger partial charge is 0.410 e. The van der Waals surface area contributed by atoms with Crippen LogP contribution in [-0.2, 0) is 4.74 Å². The van der Waals surface area contributed by atoms with Gasteiger partial charge in [-0.1, -0.05) is 0 Å². The molecule has 0 aromatic heterocycles. The molecular formula is C12H22N2O4. The fourth-order valence-corrected chi connectivity index (χ4v) is 2.15. The van der Waals surface area contributed by atoms with E-state index < -0.39 is 11.7 Å².